The number of pyridine rings is 1. The van der Waals surface area contributed by atoms with Crippen LogP contribution in [0.1, 0.15) is 23.9 Å². The number of nitrogens with two attached hydrogens (primary N) is 1. The van der Waals surface area contributed by atoms with Crippen molar-refractivity contribution in [3.63, 3.8) is 0 Å². The Morgan fingerprint density at radius 3 is 2.57 bits per heavy atom. The van der Waals surface area contributed by atoms with Crippen molar-refractivity contribution in [2.24, 2.45) is 12.8 Å². The number of carbonyl (C=O) groups is 1. The van der Waals surface area contributed by atoms with Crippen LogP contribution in [-0.4, -0.2) is 47.9 Å². The number of carbonyl (C=O) groups excluding carboxylic acids is 1. The van der Waals surface area contributed by atoms with Crippen LogP contribution >= 0.6 is 0 Å². The number of anilines is 1. The van der Waals surface area contributed by atoms with E-state index in [1.807, 2.05) is 23.7 Å². The van der Waals surface area contributed by atoms with Crippen LogP contribution in [-0.2, 0) is 39.7 Å². The molecule has 0 saturated heterocycles. The van der Waals surface area contributed by atoms with Crippen molar-refractivity contribution in [3.05, 3.63) is 95.9 Å². The van der Waals surface area contributed by atoms with Gasteiger partial charge >= 0.3 is 5.97 Å². The summed E-state index contributed by atoms with van der Waals surface area (Å²) in [6.45, 7) is 2.33. The van der Waals surface area contributed by atoms with Crippen molar-refractivity contribution in [1.82, 2.24) is 19.9 Å². The standard InChI is InChI=1S/C30H31N7O4S/c1-3-41-28(38)19-37(42(39,40)26-8-4-6-21-7-5-15-34-29(21)26)23-13-14-25-24(16-23)35-27(36(25)2)18-33-17-20-9-11-22(12-10-20)30(31)32/h4-16,33H,3,17-19H2,1-2H3,(H3,31,32). The lowest BCUT2D eigenvalue weighted by Gasteiger charge is -2.24. The zero-order chi connectivity index (χ0) is 29.9. The van der Waals surface area contributed by atoms with Crippen LogP contribution in [0.25, 0.3) is 21.9 Å². The van der Waals surface area contributed by atoms with E-state index in [0.717, 1.165) is 21.2 Å². The van der Waals surface area contributed by atoms with Crippen LogP contribution in [0, 0.1) is 5.41 Å². The van der Waals surface area contributed by atoms with Crippen LogP contribution < -0.4 is 15.4 Å². The third-order valence-corrected chi connectivity index (χ3v) is 8.67. The van der Waals surface area contributed by atoms with Crippen LogP contribution in [0.15, 0.2) is 83.9 Å². The number of aryl methyl sites for hydroxylation is 1. The molecule has 3 aromatic carbocycles. The highest BCUT2D eigenvalue weighted by Gasteiger charge is 2.30. The number of nitrogens with zero attached hydrogens (tertiary/aromatic N) is 4. The first kappa shape index (κ1) is 28.7. The number of nitrogen functional groups attached to an aromatic ring is 1. The van der Waals surface area contributed by atoms with Gasteiger partial charge in [-0.05, 0) is 42.8 Å². The lowest BCUT2D eigenvalue weighted by Crippen LogP contribution is -2.36. The zero-order valence-corrected chi connectivity index (χ0v) is 24.1. The van der Waals surface area contributed by atoms with Gasteiger partial charge in [0.1, 0.15) is 23.1 Å². The summed E-state index contributed by atoms with van der Waals surface area (Å²) >= 11 is 0. The Balaban J connectivity index is 1.45. The normalized spacial score (nSPS) is 11.6. The Kier molecular flexibility index (Phi) is 8.18. The second-order valence-corrected chi connectivity index (χ2v) is 11.5. The van der Waals surface area contributed by atoms with Gasteiger partial charge in [0, 0.05) is 30.7 Å². The van der Waals surface area contributed by atoms with Gasteiger partial charge in [-0.1, -0.05) is 42.5 Å². The molecule has 2 aromatic heterocycles. The molecule has 0 aliphatic rings. The number of nitrogens with one attached hydrogen (secondary N) is 2. The summed E-state index contributed by atoms with van der Waals surface area (Å²) in [4.78, 5) is 21.6. The lowest BCUT2D eigenvalue weighted by molar-refractivity contribution is -0.141. The molecule has 0 fully saturated rings. The predicted octanol–water partition coefficient (Wildman–Crippen LogP) is 3.45. The number of hydrogen-bond donors (Lipinski definition) is 3. The third kappa shape index (κ3) is 5.80. The summed E-state index contributed by atoms with van der Waals surface area (Å²) in [5.74, 6) is 0.105. The molecule has 5 aromatic rings. The predicted molar refractivity (Wildman–Crippen MR) is 162 cm³/mol. The van der Waals surface area contributed by atoms with Gasteiger partial charge in [0.15, 0.2) is 0 Å². The highest BCUT2D eigenvalue weighted by atomic mass is 32.2. The van der Waals surface area contributed by atoms with Gasteiger partial charge in [0.2, 0.25) is 0 Å². The van der Waals surface area contributed by atoms with Crippen molar-refractivity contribution in [3.8, 4) is 0 Å². The molecule has 0 bridgehead atoms. The van der Waals surface area contributed by atoms with E-state index in [9.17, 15) is 13.2 Å². The second-order valence-electron chi connectivity index (χ2n) is 9.62. The average Bonchev–Trinajstić information content (AvgIpc) is 3.30. The number of benzene rings is 3. The SMILES string of the molecule is CCOC(=O)CN(c1ccc2c(c1)nc(CNCc1ccc(C(=N)N)cc1)n2C)S(=O)(=O)c1cccc2cccnc12. The summed E-state index contributed by atoms with van der Waals surface area (Å²) in [5, 5.41) is 11.6. The molecule has 11 nitrogen and oxygen atoms in total. The Labute approximate surface area is 243 Å². The van der Waals surface area contributed by atoms with Crippen LogP contribution in [0.2, 0.25) is 0 Å². The van der Waals surface area contributed by atoms with Gasteiger partial charge in [-0.3, -0.25) is 19.5 Å². The summed E-state index contributed by atoms with van der Waals surface area (Å²) < 4.78 is 36.2. The molecule has 5 rings (SSSR count). The number of para-hydroxylation sites is 1. The maximum atomic E-state index is 14.1. The van der Waals surface area contributed by atoms with Gasteiger partial charge in [0.25, 0.3) is 10.0 Å². The number of imidazole rings is 1. The van der Waals surface area contributed by atoms with Crippen molar-refractivity contribution in [2.45, 2.75) is 24.9 Å². The summed E-state index contributed by atoms with van der Waals surface area (Å²) in [7, 11) is -2.33. The van der Waals surface area contributed by atoms with E-state index in [1.165, 1.54) is 12.3 Å². The number of sulfonamides is 1. The number of amidine groups is 1. The first-order valence-corrected chi connectivity index (χ1v) is 14.7. The Hall–Kier alpha value is -4.81. The summed E-state index contributed by atoms with van der Waals surface area (Å²) in [6.07, 6.45) is 1.54. The molecule has 0 amide bonds. The number of esters is 1. The second kappa shape index (κ2) is 12.0. The molecule has 0 saturated carbocycles. The van der Waals surface area contributed by atoms with Crippen molar-refractivity contribution in [1.29, 1.82) is 5.41 Å². The fourth-order valence-corrected chi connectivity index (χ4v) is 6.28. The Morgan fingerprint density at radius 1 is 1.07 bits per heavy atom. The van der Waals surface area contributed by atoms with Crippen LogP contribution in [0.4, 0.5) is 5.69 Å². The summed E-state index contributed by atoms with van der Waals surface area (Å²) in [5.41, 5.74) is 9.22. The Bertz CT molecular complexity index is 1880. The van der Waals surface area contributed by atoms with Crippen molar-refractivity contribution in [2.75, 3.05) is 17.5 Å². The van der Waals surface area contributed by atoms with E-state index in [1.54, 1.807) is 61.5 Å². The highest BCUT2D eigenvalue weighted by Crippen LogP contribution is 2.30. The van der Waals surface area contributed by atoms with Crippen molar-refractivity contribution < 1.29 is 17.9 Å². The molecule has 42 heavy (non-hydrogen) atoms. The van der Waals surface area contributed by atoms with Crippen LogP contribution in [0.5, 0.6) is 0 Å². The lowest BCUT2D eigenvalue weighted by atomic mass is 10.1. The van der Waals surface area contributed by atoms with E-state index in [2.05, 4.69) is 10.3 Å². The van der Waals surface area contributed by atoms with Gasteiger partial charge in [-0.2, -0.15) is 0 Å². The number of hydrogen-bond acceptors (Lipinski definition) is 8. The molecule has 4 N–H and O–H groups in total. The molecule has 2 heterocycles. The third-order valence-electron chi connectivity index (χ3n) is 6.86. The zero-order valence-electron chi connectivity index (χ0n) is 23.2. The number of aromatic nitrogens is 3. The highest BCUT2D eigenvalue weighted by molar-refractivity contribution is 7.93. The maximum Gasteiger partial charge on any atom is 0.326 e. The van der Waals surface area contributed by atoms with Gasteiger partial charge in [-0.15, -0.1) is 0 Å². The topological polar surface area (TPSA) is 156 Å². The average molecular weight is 586 g/mol. The largest absolute Gasteiger partial charge is 0.465 e. The van der Waals surface area contributed by atoms with E-state index >= 15 is 0 Å². The quantitative estimate of drug-likeness (QED) is 0.121. The number of rotatable bonds is 11. The fourth-order valence-electron chi connectivity index (χ4n) is 4.71. The van der Waals surface area contributed by atoms with E-state index in [0.29, 0.717) is 35.1 Å². The molecular formula is C30H31N7O4S. The minimum absolute atomic E-state index is 0.00718. The first-order valence-electron chi connectivity index (χ1n) is 13.3. The molecule has 0 aliphatic heterocycles. The van der Waals surface area contributed by atoms with Gasteiger partial charge in [-0.25, -0.2) is 13.4 Å². The minimum Gasteiger partial charge on any atom is -0.465 e. The molecule has 0 radical (unpaired) electrons. The van der Waals surface area contributed by atoms with E-state index in [4.69, 9.17) is 20.9 Å². The monoisotopic (exact) mass is 585 g/mol. The molecular weight excluding hydrogens is 554 g/mol. The van der Waals surface area contributed by atoms with Gasteiger partial charge < -0.3 is 20.4 Å². The van der Waals surface area contributed by atoms with E-state index in [-0.39, 0.29) is 23.0 Å². The molecule has 12 heteroatoms. The smallest absolute Gasteiger partial charge is 0.326 e. The fraction of sp³-hybridized carbons (Fsp3) is 0.200. The van der Waals surface area contributed by atoms with Gasteiger partial charge in [0.05, 0.1) is 35.4 Å². The maximum absolute atomic E-state index is 14.1. The minimum atomic E-state index is -4.22. The number of ether oxygens (including phenoxy) is 1. The molecule has 0 aliphatic carbocycles. The summed E-state index contributed by atoms with van der Waals surface area (Å²) in [6, 6.07) is 21.0. The molecule has 0 spiro atoms. The molecule has 0 atom stereocenters. The van der Waals surface area contributed by atoms with E-state index < -0.39 is 22.5 Å². The first-order chi connectivity index (χ1) is 20.2. The Morgan fingerprint density at radius 2 is 1.83 bits per heavy atom. The van der Waals surface area contributed by atoms with Crippen molar-refractivity contribution >= 4 is 49.5 Å². The van der Waals surface area contributed by atoms with Crippen LogP contribution in [0.3, 0.4) is 0 Å². The molecule has 0 unspecified atom stereocenters. The number of fused-ring (bicyclic) bond motifs is 2. The molecule has 216 valence electrons.